The van der Waals surface area contributed by atoms with E-state index in [1.54, 1.807) is 106 Å². The fourth-order valence-electron chi connectivity index (χ4n) is 16.0. The van der Waals surface area contributed by atoms with Crippen molar-refractivity contribution in [3.8, 4) is 0 Å². The molecule has 6 aliphatic rings. The van der Waals surface area contributed by atoms with Crippen molar-refractivity contribution in [2.24, 2.45) is 55.8 Å². The van der Waals surface area contributed by atoms with Crippen LogP contribution in [-0.2, 0) is 57.9 Å². The van der Waals surface area contributed by atoms with Gasteiger partial charge < -0.3 is 48.8 Å². The number of benzene rings is 3. The minimum atomic E-state index is -0.649. The number of piperidine rings is 6. The van der Waals surface area contributed by atoms with E-state index in [0.29, 0.717) is 81.3 Å². The van der Waals surface area contributed by atoms with E-state index in [1.165, 1.54) is 0 Å². The standard InChI is InChI=1S/C31H42ClN5O4.C30H39ClN4O4.C29H38ClN5O4.3CH4/c1-31(2,3)41-30(39)34-28-20-23(9-14-33-28)21-36-15-12-25(13-16-36)29(38)37-17-10-22(11-18-37)19-27(35-40-4)24-5-7-26(32)8-6-24;1-30(2,3)39-29(38)33-27-19-22(8-13-32-27)20-34-14-11-24(12-15-34)28(37)35-16-9-21(10-17-35)18-26(36)23-4-6-25(31)7-5-23;1-3-39-29(37)32-27-19-22(8-13-31-27)20-34-14-11-24(12-15-34)28(36)35-16-9-21(10-17-35)18-26(33-38-2)23-4-6-25(30)7-5-23;;;/h5-9,14,20,22,25H,10-13,15-19,21H2,1-4H3,(H,33,34,39);4-8,13,19,21,24H,9-12,14-18,20H2,1-3H3,(H,32,33,38);4-8,13,19,21,24H,3,9-12,14-18,20H2,1-2H3,(H,31,32,37);3*1H4/p-2/b35-27-;;33-26-;;;. The van der Waals surface area contributed by atoms with Crippen LogP contribution in [0.1, 0.15) is 205 Å². The summed E-state index contributed by atoms with van der Waals surface area (Å²) >= 11 is 18.0. The quantitative estimate of drug-likeness (QED) is 0.0255. The van der Waals surface area contributed by atoms with Crippen LogP contribution >= 0.6 is 34.8 Å². The molecule has 0 atom stereocenters. The zero-order valence-corrected chi connectivity index (χ0v) is 72.6. The predicted molar refractivity (Wildman–Crippen MR) is 481 cm³/mol. The molecule has 122 heavy (non-hydrogen) atoms. The molecule has 0 spiro atoms. The van der Waals surface area contributed by atoms with Gasteiger partial charge in [0.1, 0.15) is 20.0 Å². The highest BCUT2D eigenvalue weighted by atomic mass is 35.5. The largest absolute Gasteiger partial charge is 0.594 e. The van der Waals surface area contributed by atoms with Gasteiger partial charge in [0.15, 0.2) is 29.6 Å². The summed E-state index contributed by atoms with van der Waals surface area (Å²) in [5.74, 6) is 3.56. The van der Waals surface area contributed by atoms with Crippen molar-refractivity contribution in [1.29, 1.82) is 0 Å². The summed E-state index contributed by atoms with van der Waals surface area (Å²) in [5, 5.41) is 37.2. The van der Waals surface area contributed by atoms with Crippen molar-refractivity contribution >= 4 is 105 Å². The Morgan fingerprint density at radius 2 is 0.746 bits per heavy atom. The molecule has 0 bridgehead atoms. The molecule has 29 heteroatoms. The average Bonchev–Trinajstić information content (AvgIpc) is 0.840. The lowest BCUT2D eigenvalue weighted by Crippen LogP contribution is -2.45. The van der Waals surface area contributed by atoms with Gasteiger partial charge >= 0.3 is 6.09 Å². The molecule has 9 heterocycles. The van der Waals surface area contributed by atoms with E-state index in [9.17, 15) is 34.2 Å². The van der Waals surface area contributed by atoms with E-state index < -0.39 is 29.5 Å². The first-order valence-electron chi connectivity index (χ1n) is 41.8. The summed E-state index contributed by atoms with van der Waals surface area (Å²) in [6.07, 6.45) is 16.0. The normalized spacial score (nSPS) is 17.7. The number of oxime groups is 2. The molecular weight excluding hydrogens is 1610 g/mol. The fraction of sp³-hybridized carbons (Fsp3) is 0.548. The van der Waals surface area contributed by atoms with Crippen molar-refractivity contribution in [1.82, 2.24) is 44.4 Å². The Balaban J connectivity index is 0.000000249. The van der Waals surface area contributed by atoms with E-state index >= 15 is 0 Å². The lowest BCUT2D eigenvalue weighted by molar-refractivity contribution is -0.261. The van der Waals surface area contributed by atoms with Gasteiger partial charge in [0.2, 0.25) is 17.7 Å². The van der Waals surface area contributed by atoms with Gasteiger partial charge in [0, 0.05) is 134 Å². The number of pyridine rings is 3. The summed E-state index contributed by atoms with van der Waals surface area (Å²) in [7, 11) is 3.14. The molecule has 6 fully saturated rings. The van der Waals surface area contributed by atoms with E-state index in [1.807, 2.05) is 89.8 Å². The molecule has 12 rings (SSSR count). The number of aliphatic imine (C=N–C) groups is 2. The highest BCUT2D eigenvalue weighted by Gasteiger charge is 2.36. The van der Waals surface area contributed by atoms with E-state index in [-0.39, 0.29) is 57.6 Å². The second-order valence-corrected chi connectivity index (χ2v) is 34.9. The molecular formula is C93H129Cl3N14O12-2. The van der Waals surface area contributed by atoms with Crippen LogP contribution in [0.5, 0.6) is 0 Å². The van der Waals surface area contributed by atoms with E-state index in [4.69, 9.17) is 58.7 Å². The summed E-state index contributed by atoms with van der Waals surface area (Å²) < 4.78 is 15.4. The minimum Gasteiger partial charge on any atom is -0.594 e. The Morgan fingerprint density at radius 3 is 1.07 bits per heavy atom. The highest BCUT2D eigenvalue weighted by Crippen LogP contribution is 2.33. The van der Waals surface area contributed by atoms with Crippen LogP contribution in [0, 0.1) is 35.5 Å². The van der Waals surface area contributed by atoms with Crippen LogP contribution in [-0.4, -0.2) is 208 Å². The monoisotopic (exact) mass is 1740 g/mol. The molecule has 6 saturated heterocycles. The molecule has 666 valence electrons. The molecule has 6 aromatic rings. The smallest absolute Gasteiger partial charge is 0.412 e. The SMILES string of the molecule is C.C.C.CC(C)(C)OC([O-])=Nc1cc(CN2CCC(C(=O)N3CCC(CC(=O)c4ccc(Cl)cc4)CC3)CC2)ccn1.CCOC(=O)Nc1cc(CN2CCC(C(=O)N3CCC(C/C(=N/OC)c4ccc(Cl)cc4)CC3)CC2)ccn1.CO/N=C(/CC1CCN(C(=O)C2CCN(Cc3ccnc(N=C([O-])OC(C)(C)C)c3)CC2)CC1)c1ccc(Cl)cc1. The van der Waals surface area contributed by atoms with Gasteiger partial charge in [-0.05, 0) is 267 Å². The fourth-order valence-corrected chi connectivity index (χ4v) is 16.4. The number of nitrogens with zero attached hydrogens (tertiary/aromatic N) is 13. The van der Waals surface area contributed by atoms with E-state index in [0.717, 1.165) is 221 Å². The van der Waals surface area contributed by atoms with Gasteiger partial charge in [-0.25, -0.2) is 29.7 Å². The summed E-state index contributed by atoms with van der Waals surface area (Å²) in [4.78, 5) is 108. The maximum absolute atomic E-state index is 13.3. The molecule has 4 amide bonds. The highest BCUT2D eigenvalue weighted by molar-refractivity contribution is 6.31. The molecule has 3 aromatic heterocycles. The van der Waals surface area contributed by atoms with Gasteiger partial charge in [-0.3, -0.25) is 39.2 Å². The zero-order chi connectivity index (χ0) is 85.0. The number of aromatic nitrogens is 3. The third-order valence-electron chi connectivity index (χ3n) is 22.3. The molecule has 0 unspecified atom stereocenters. The van der Waals surface area contributed by atoms with Gasteiger partial charge in [-0.2, -0.15) is 0 Å². The minimum absolute atomic E-state index is 0. The third-order valence-corrected chi connectivity index (χ3v) is 23.1. The molecule has 0 saturated carbocycles. The van der Waals surface area contributed by atoms with Crippen LogP contribution < -0.4 is 15.5 Å². The van der Waals surface area contributed by atoms with Crippen molar-refractivity contribution in [2.45, 2.75) is 198 Å². The van der Waals surface area contributed by atoms with Crippen molar-refractivity contribution in [3.63, 3.8) is 0 Å². The lowest BCUT2D eigenvalue weighted by Gasteiger charge is -2.37. The van der Waals surface area contributed by atoms with Gasteiger partial charge in [-0.15, -0.1) is 0 Å². The first-order chi connectivity index (χ1) is 57.1. The second kappa shape index (κ2) is 49.3. The number of likely N-dealkylation sites (tertiary alicyclic amines) is 6. The molecule has 1 N–H and O–H groups in total. The number of nitrogens with one attached hydrogen (secondary N) is 1. The van der Waals surface area contributed by atoms with Crippen LogP contribution in [0.3, 0.4) is 0 Å². The topological polar surface area (TPSA) is 297 Å². The first-order valence-corrected chi connectivity index (χ1v) is 43.0. The van der Waals surface area contributed by atoms with Crippen LogP contribution in [0.25, 0.3) is 0 Å². The number of anilines is 1. The van der Waals surface area contributed by atoms with E-state index in [2.05, 4.69) is 65.1 Å². The predicted octanol–water partition coefficient (Wildman–Crippen LogP) is 16.5. The van der Waals surface area contributed by atoms with Crippen LogP contribution in [0.2, 0.25) is 15.1 Å². The Bertz CT molecular complexity index is 4380. The number of hydrogen-bond donors (Lipinski definition) is 1. The van der Waals surface area contributed by atoms with Gasteiger partial charge in [-0.1, -0.05) is 133 Å². The summed E-state index contributed by atoms with van der Waals surface area (Å²) in [5.41, 5.74) is 6.49. The lowest BCUT2D eigenvalue weighted by atomic mass is 9.88. The number of ether oxygens (including phenoxy) is 3. The van der Waals surface area contributed by atoms with Crippen molar-refractivity contribution in [2.75, 3.05) is 105 Å². The Labute approximate surface area is 738 Å². The maximum Gasteiger partial charge on any atom is 0.412 e. The third kappa shape index (κ3) is 32.7. The molecule has 26 nitrogen and oxygen atoms in total. The number of Topliss-reactive ketones (excluding diaryl/α,β-unsaturated/α-hetero) is 1. The molecule has 6 aliphatic heterocycles. The van der Waals surface area contributed by atoms with Crippen molar-refractivity contribution in [3.05, 3.63) is 176 Å². The Hall–Kier alpha value is -9.31. The Morgan fingerprint density at radius 1 is 0.434 bits per heavy atom. The van der Waals surface area contributed by atoms with Gasteiger partial charge in [0.25, 0.3) is 0 Å². The first kappa shape index (κ1) is 99.8. The molecule has 0 aliphatic carbocycles. The zero-order valence-electron chi connectivity index (χ0n) is 70.4. The second-order valence-electron chi connectivity index (χ2n) is 33.6. The number of carbonyl (C=O) groups is 5. The average molecular weight is 1740 g/mol. The number of halogens is 3. The van der Waals surface area contributed by atoms with Crippen LogP contribution in [0.15, 0.2) is 148 Å². The van der Waals surface area contributed by atoms with Crippen LogP contribution in [0.4, 0.5) is 22.2 Å². The maximum atomic E-state index is 13.3. The number of hydrogen-bond acceptors (Lipinski definition) is 22. The van der Waals surface area contributed by atoms with Gasteiger partial charge in [0.05, 0.1) is 18.0 Å². The number of ketones is 1. The number of carbonyl (C=O) groups excluding carboxylic acids is 5. The number of rotatable bonds is 24. The summed E-state index contributed by atoms with van der Waals surface area (Å²) in [6.45, 7) is 24.8. The molecule has 3 aromatic carbocycles. The molecule has 0 radical (unpaired) electrons. The Kier molecular flexibility index (Phi) is 40.3. The number of amides is 4. The van der Waals surface area contributed by atoms with Crippen molar-refractivity contribution < 1.29 is 58.1 Å². The summed E-state index contributed by atoms with van der Waals surface area (Å²) in [6, 6.07) is 33.7.